The number of nitrogens with one attached hydrogen (secondary N) is 1. The first-order chi connectivity index (χ1) is 9.92. The molecule has 3 rings (SSSR count). The number of rotatable bonds is 2. The Labute approximate surface area is 128 Å². The lowest BCUT2D eigenvalue weighted by molar-refractivity contribution is 0.633. The number of fused-ring (bicyclic) bond motifs is 1. The van der Waals surface area contributed by atoms with Crippen molar-refractivity contribution in [1.82, 2.24) is 14.3 Å². The van der Waals surface area contributed by atoms with Crippen LogP contribution in [0.2, 0.25) is 0 Å². The molecule has 108 valence electrons. The van der Waals surface area contributed by atoms with Crippen LogP contribution in [0.15, 0.2) is 30.3 Å². The molecule has 3 aromatic rings. The van der Waals surface area contributed by atoms with Gasteiger partial charge in [0.15, 0.2) is 5.82 Å². The standard InChI is InChI=1S/C16H18N4S/c1-10-9-13(17-12-8-6-5-7-11(10)12)14-18-15(21-20-14)19-16(2,3)4/h5-9H,1-4H3,(H,18,19,20). The Morgan fingerprint density at radius 2 is 1.86 bits per heavy atom. The van der Waals surface area contributed by atoms with Crippen LogP contribution in [0.25, 0.3) is 22.4 Å². The van der Waals surface area contributed by atoms with E-state index in [1.165, 1.54) is 22.5 Å². The average molecular weight is 298 g/mol. The van der Waals surface area contributed by atoms with Gasteiger partial charge in [-0.2, -0.15) is 9.36 Å². The second-order valence-corrected chi connectivity index (χ2v) is 6.89. The van der Waals surface area contributed by atoms with Gasteiger partial charge in [0.2, 0.25) is 5.13 Å². The van der Waals surface area contributed by atoms with E-state index >= 15 is 0 Å². The lowest BCUT2D eigenvalue weighted by Crippen LogP contribution is -2.25. The van der Waals surface area contributed by atoms with Crippen LogP contribution in [0.5, 0.6) is 0 Å². The number of benzene rings is 1. The van der Waals surface area contributed by atoms with E-state index in [2.05, 4.69) is 53.4 Å². The lowest BCUT2D eigenvalue weighted by atomic mass is 10.1. The molecule has 0 aliphatic rings. The van der Waals surface area contributed by atoms with E-state index in [1.807, 2.05) is 24.3 Å². The number of anilines is 1. The van der Waals surface area contributed by atoms with Crippen LogP contribution in [-0.2, 0) is 0 Å². The average Bonchev–Trinajstić information content (AvgIpc) is 2.85. The van der Waals surface area contributed by atoms with E-state index in [9.17, 15) is 0 Å². The molecule has 21 heavy (non-hydrogen) atoms. The van der Waals surface area contributed by atoms with E-state index < -0.39 is 0 Å². The Morgan fingerprint density at radius 3 is 2.62 bits per heavy atom. The van der Waals surface area contributed by atoms with Gasteiger partial charge in [0.25, 0.3) is 0 Å². The summed E-state index contributed by atoms with van der Waals surface area (Å²) in [6.07, 6.45) is 0. The highest BCUT2D eigenvalue weighted by Crippen LogP contribution is 2.25. The maximum Gasteiger partial charge on any atom is 0.203 e. The van der Waals surface area contributed by atoms with Gasteiger partial charge in [0, 0.05) is 22.5 Å². The number of hydrogen-bond donors (Lipinski definition) is 1. The van der Waals surface area contributed by atoms with Crippen molar-refractivity contribution in [3.63, 3.8) is 0 Å². The molecular formula is C16H18N4S. The van der Waals surface area contributed by atoms with Crippen LogP contribution >= 0.6 is 11.5 Å². The van der Waals surface area contributed by atoms with E-state index in [0.717, 1.165) is 16.3 Å². The highest BCUT2D eigenvalue weighted by atomic mass is 32.1. The SMILES string of the molecule is Cc1cc(-c2nsc(NC(C)(C)C)n2)nc2ccccc12. The zero-order valence-corrected chi connectivity index (χ0v) is 13.5. The molecule has 0 fully saturated rings. The van der Waals surface area contributed by atoms with Gasteiger partial charge in [-0.3, -0.25) is 0 Å². The molecule has 1 aromatic carbocycles. The minimum Gasteiger partial charge on any atom is -0.356 e. The largest absolute Gasteiger partial charge is 0.356 e. The third-order valence-corrected chi connectivity index (χ3v) is 3.69. The Balaban J connectivity index is 2.01. The minimum atomic E-state index is -0.0243. The van der Waals surface area contributed by atoms with Crippen LogP contribution in [0, 0.1) is 6.92 Å². The van der Waals surface area contributed by atoms with Gasteiger partial charge in [-0.1, -0.05) is 18.2 Å². The molecule has 0 atom stereocenters. The van der Waals surface area contributed by atoms with Crippen molar-refractivity contribution in [2.75, 3.05) is 5.32 Å². The zero-order valence-electron chi connectivity index (χ0n) is 12.6. The summed E-state index contributed by atoms with van der Waals surface area (Å²) in [5.41, 5.74) is 2.97. The number of aryl methyl sites for hydroxylation is 1. The van der Waals surface area contributed by atoms with Crippen molar-refractivity contribution < 1.29 is 0 Å². The Bertz CT molecular complexity index is 786. The Morgan fingerprint density at radius 1 is 1.10 bits per heavy atom. The highest BCUT2D eigenvalue weighted by molar-refractivity contribution is 7.09. The van der Waals surface area contributed by atoms with Gasteiger partial charge in [-0.05, 0) is 45.4 Å². The van der Waals surface area contributed by atoms with Crippen molar-refractivity contribution in [1.29, 1.82) is 0 Å². The summed E-state index contributed by atoms with van der Waals surface area (Å²) in [6, 6.07) is 10.2. The Hall–Kier alpha value is -2.01. The minimum absolute atomic E-state index is 0.0243. The molecule has 4 nitrogen and oxygen atoms in total. The van der Waals surface area contributed by atoms with Gasteiger partial charge < -0.3 is 5.32 Å². The summed E-state index contributed by atoms with van der Waals surface area (Å²) < 4.78 is 4.42. The fraction of sp³-hybridized carbons (Fsp3) is 0.312. The molecule has 0 amide bonds. The Kier molecular flexibility index (Phi) is 3.37. The number of para-hydroxylation sites is 1. The van der Waals surface area contributed by atoms with Crippen molar-refractivity contribution >= 4 is 27.6 Å². The van der Waals surface area contributed by atoms with Crippen molar-refractivity contribution in [3.05, 3.63) is 35.9 Å². The van der Waals surface area contributed by atoms with Gasteiger partial charge in [-0.25, -0.2) is 4.98 Å². The van der Waals surface area contributed by atoms with Crippen molar-refractivity contribution in [3.8, 4) is 11.5 Å². The van der Waals surface area contributed by atoms with Crippen molar-refractivity contribution in [2.24, 2.45) is 0 Å². The summed E-state index contributed by atoms with van der Waals surface area (Å²) in [4.78, 5) is 9.22. The second-order valence-electron chi connectivity index (χ2n) is 6.14. The first-order valence-electron chi connectivity index (χ1n) is 6.91. The molecule has 2 aromatic heterocycles. The summed E-state index contributed by atoms with van der Waals surface area (Å²) in [5, 5.41) is 5.34. The molecule has 0 saturated heterocycles. The zero-order chi connectivity index (χ0) is 15.0. The third kappa shape index (κ3) is 3.03. The molecule has 0 bridgehead atoms. The summed E-state index contributed by atoms with van der Waals surface area (Å²) in [5.74, 6) is 0.681. The van der Waals surface area contributed by atoms with Crippen LogP contribution in [0.4, 0.5) is 5.13 Å². The fourth-order valence-electron chi connectivity index (χ4n) is 2.16. The number of nitrogens with zero attached hydrogens (tertiary/aromatic N) is 3. The molecular weight excluding hydrogens is 280 g/mol. The predicted octanol–water partition coefficient (Wildman–Crippen LogP) is 4.27. The van der Waals surface area contributed by atoms with Crippen LogP contribution < -0.4 is 5.32 Å². The summed E-state index contributed by atoms with van der Waals surface area (Å²) >= 11 is 1.37. The number of hydrogen-bond acceptors (Lipinski definition) is 5. The van der Waals surface area contributed by atoms with E-state index in [1.54, 1.807) is 0 Å². The van der Waals surface area contributed by atoms with Crippen molar-refractivity contribution in [2.45, 2.75) is 33.2 Å². The summed E-state index contributed by atoms with van der Waals surface area (Å²) in [7, 11) is 0. The molecule has 2 heterocycles. The molecule has 0 aliphatic carbocycles. The van der Waals surface area contributed by atoms with E-state index in [-0.39, 0.29) is 5.54 Å². The molecule has 5 heteroatoms. The topological polar surface area (TPSA) is 50.7 Å². The van der Waals surface area contributed by atoms with Crippen LogP contribution in [0.3, 0.4) is 0 Å². The molecule has 0 spiro atoms. The number of aromatic nitrogens is 3. The van der Waals surface area contributed by atoms with E-state index in [0.29, 0.717) is 5.82 Å². The quantitative estimate of drug-likeness (QED) is 0.767. The normalized spacial score (nSPS) is 11.8. The maximum atomic E-state index is 4.67. The predicted molar refractivity (Wildman–Crippen MR) is 88.8 cm³/mol. The maximum absolute atomic E-state index is 4.67. The second kappa shape index (κ2) is 5.07. The molecule has 0 saturated carbocycles. The molecule has 0 unspecified atom stereocenters. The first kappa shape index (κ1) is 13.9. The highest BCUT2D eigenvalue weighted by Gasteiger charge is 2.15. The molecule has 1 N–H and O–H groups in total. The first-order valence-corrected chi connectivity index (χ1v) is 7.68. The smallest absolute Gasteiger partial charge is 0.203 e. The molecule has 0 aliphatic heterocycles. The van der Waals surface area contributed by atoms with Gasteiger partial charge in [0.1, 0.15) is 5.69 Å². The fourth-order valence-corrected chi connectivity index (χ4v) is 2.95. The summed E-state index contributed by atoms with van der Waals surface area (Å²) in [6.45, 7) is 8.40. The molecule has 0 radical (unpaired) electrons. The van der Waals surface area contributed by atoms with Gasteiger partial charge in [0.05, 0.1) is 5.52 Å². The van der Waals surface area contributed by atoms with Gasteiger partial charge in [-0.15, -0.1) is 0 Å². The van der Waals surface area contributed by atoms with Gasteiger partial charge >= 0.3 is 0 Å². The number of pyridine rings is 1. The monoisotopic (exact) mass is 298 g/mol. The third-order valence-electron chi connectivity index (χ3n) is 3.06. The van der Waals surface area contributed by atoms with Crippen LogP contribution in [-0.4, -0.2) is 19.9 Å². The lowest BCUT2D eigenvalue weighted by Gasteiger charge is -2.18. The van der Waals surface area contributed by atoms with E-state index in [4.69, 9.17) is 0 Å². The van der Waals surface area contributed by atoms with Crippen LogP contribution in [0.1, 0.15) is 26.3 Å².